The molecule has 1 aromatic carbocycles. The zero-order valence-electron chi connectivity index (χ0n) is 9.76. The number of rotatable bonds is 2. The van der Waals surface area contributed by atoms with Crippen LogP contribution in [-0.4, -0.2) is 12.6 Å². The lowest BCUT2D eigenvalue weighted by Gasteiger charge is -2.10. The predicted octanol–water partition coefficient (Wildman–Crippen LogP) is 4.13. The molecule has 0 aliphatic carbocycles. The van der Waals surface area contributed by atoms with Crippen molar-refractivity contribution in [2.24, 2.45) is 0 Å². The molecule has 1 aromatic rings. The minimum Gasteiger partial charge on any atom is -0.311 e. The quantitative estimate of drug-likeness (QED) is 0.865. The zero-order valence-corrected chi connectivity index (χ0v) is 11.3. The third kappa shape index (κ3) is 3.93. The van der Waals surface area contributed by atoms with E-state index >= 15 is 0 Å². The van der Waals surface area contributed by atoms with E-state index in [2.05, 4.69) is 33.4 Å². The summed E-state index contributed by atoms with van der Waals surface area (Å²) in [7, 11) is 0. The number of hydrogen-bond donors (Lipinski definition) is 1. The third-order valence-electron chi connectivity index (χ3n) is 3.06. The summed E-state index contributed by atoms with van der Waals surface area (Å²) in [5, 5.41) is 3.51. The number of benzene rings is 1. The molecule has 92 valence electrons. The van der Waals surface area contributed by atoms with E-state index in [1.165, 1.54) is 31.7 Å². The second kappa shape index (κ2) is 6.31. The molecular formula is C14H17BrFN. The van der Waals surface area contributed by atoms with Crippen molar-refractivity contribution in [2.45, 2.75) is 31.7 Å². The van der Waals surface area contributed by atoms with Crippen LogP contribution in [0.15, 0.2) is 28.7 Å². The molecule has 0 radical (unpaired) electrons. The third-order valence-corrected chi connectivity index (χ3v) is 3.67. The van der Waals surface area contributed by atoms with Crippen molar-refractivity contribution in [3.63, 3.8) is 0 Å². The second-order valence-electron chi connectivity index (χ2n) is 4.44. The van der Waals surface area contributed by atoms with Gasteiger partial charge >= 0.3 is 0 Å². The molecule has 1 nitrogen and oxygen atoms in total. The van der Waals surface area contributed by atoms with E-state index in [1.54, 1.807) is 6.07 Å². The second-order valence-corrected chi connectivity index (χ2v) is 5.30. The lowest BCUT2D eigenvalue weighted by Crippen LogP contribution is -2.25. The highest BCUT2D eigenvalue weighted by Crippen LogP contribution is 2.18. The number of hydrogen-bond acceptors (Lipinski definition) is 1. The Kier molecular flexibility index (Phi) is 4.75. The van der Waals surface area contributed by atoms with Gasteiger partial charge in [-0.25, -0.2) is 4.39 Å². The fraction of sp³-hybridized carbons (Fsp3) is 0.429. The molecule has 17 heavy (non-hydrogen) atoms. The van der Waals surface area contributed by atoms with Gasteiger partial charge in [-0.05, 0) is 53.0 Å². The van der Waals surface area contributed by atoms with Gasteiger partial charge in [0.15, 0.2) is 0 Å². The summed E-state index contributed by atoms with van der Waals surface area (Å²) in [6.45, 7) is 1.10. The molecule has 1 saturated heterocycles. The minimum absolute atomic E-state index is 0.213. The molecule has 0 aromatic heterocycles. The first-order valence-electron chi connectivity index (χ1n) is 6.12. The molecule has 0 spiro atoms. The summed E-state index contributed by atoms with van der Waals surface area (Å²) >= 11 is 3.20. The van der Waals surface area contributed by atoms with E-state index in [-0.39, 0.29) is 5.82 Å². The standard InChI is InChI=1S/C14H17BrFN/c15-13-10-11(6-8-14(13)16)5-7-12-4-2-1-3-9-17-12/h5-8,10,12,17H,1-4,9H2/b7-5+. The maximum Gasteiger partial charge on any atom is 0.137 e. The average molecular weight is 298 g/mol. The van der Waals surface area contributed by atoms with Gasteiger partial charge in [0.1, 0.15) is 5.82 Å². The zero-order chi connectivity index (χ0) is 12.1. The SMILES string of the molecule is Fc1ccc(/C=C/C2CCCCCN2)cc1Br. The summed E-state index contributed by atoms with van der Waals surface area (Å²) < 4.78 is 13.6. The van der Waals surface area contributed by atoms with Gasteiger partial charge in [0.25, 0.3) is 0 Å². The summed E-state index contributed by atoms with van der Waals surface area (Å²) in [6.07, 6.45) is 9.32. The molecule has 1 fully saturated rings. The molecular weight excluding hydrogens is 281 g/mol. The van der Waals surface area contributed by atoms with Gasteiger partial charge < -0.3 is 5.32 Å². The molecule has 0 amide bonds. The molecule has 1 aliphatic rings. The van der Waals surface area contributed by atoms with Crippen molar-refractivity contribution in [1.29, 1.82) is 0 Å². The lowest BCUT2D eigenvalue weighted by molar-refractivity contribution is 0.599. The van der Waals surface area contributed by atoms with Crippen LogP contribution in [0.1, 0.15) is 31.2 Å². The van der Waals surface area contributed by atoms with Crippen molar-refractivity contribution in [3.05, 3.63) is 40.1 Å². The van der Waals surface area contributed by atoms with Gasteiger partial charge in [0.2, 0.25) is 0 Å². The topological polar surface area (TPSA) is 12.0 Å². The Hall–Kier alpha value is -0.670. The largest absolute Gasteiger partial charge is 0.311 e. The van der Waals surface area contributed by atoms with E-state index in [9.17, 15) is 4.39 Å². The molecule has 3 heteroatoms. The predicted molar refractivity (Wildman–Crippen MR) is 73.4 cm³/mol. The normalized spacial score (nSPS) is 21.6. The highest BCUT2D eigenvalue weighted by atomic mass is 79.9. The number of nitrogens with one attached hydrogen (secondary N) is 1. The Labute approximate surface area is 110 Å². The van der Waals surface area contributed by atoms with E-state index in [0.29, 0.717) is 10.5 Å². The molecule has 0 bridgehead atoms. The minimum atomic E-state index is -0.213. The average Bonchev–Trinajstić information content (AvgIpc) is 2.59. The molecule has 0 saturated carbocycles. The maximum atomic E-state index is 13.1. The summed E-state index contributed by atoms with van der Waals surface area (Å²) in [5.41, 5.74) is 1.03. The van der Waals surface area contributed by atoms with Crippen molar-refractivity contribution in [3.8, 4) is 0 Å². The van der Waals surface area contributed by atoms with Crippen LogP contribution in [0.2, 0.25) is 0 Å². The fourth-order valence-electron chi connectivity index (χ4n) is 2.06. The molecule has 1 atom stereocenters. The lowest BCUT2D eigenvalue weighted by atomic mass is 10.1. The van der Waals surface area contributed by atoms with Gasteiger partial charge in [-0.1, -0.05) is 31.1 Å². The van der Waals surface area contributed by atoms with E-state index in [0.717, 1.165) is 12.1 Å². The maximum absolute atomic E-state index is 13.1. The summed E-state index contributed by atoms with van der Waals surface area (Å²) in [5.74, 6) is -0.213. The Morgan fingerprint density at radius 1 is 1.29 bits per heavy atom. The molecule has 1 N–H and O–H groups in total. The first kappa shape index (κ1) is 12.8. The van der Waals surface area contributed by atoms with Crippen LogP contribution >= 0.6 is 15.9 Å². The number of halogens is 2. The van der Waals surface area contributed by atoms with Crippen molar-refractivity contribution < 1.29 is 4.39 Å². The van der Waals surface area contributed by atoms with Gasteiger partial charge in [-0.15, -0.1) is 0 Å². The van der Waals surface area contributed by atoms with Crippen LogP contribution in [0.25, 0.3) is 6.08 Å². The van der Waals surface area contributed by atoms with E-state index < -0.39 is 0 Å². The highest BCUT2D eigenvalue weighted by molar-refractivity contribution is 9.10. The Morgan fingerprint density at radius 2 is 2.18 bits per heavy atom. The van der Waals surface area contributed by atoms with Crippen LogP contribution in [0, 0.1) is 5.82 Å². The summed E-state index contributed by atoms with van der Waals surface area (Å²) in [4.78, 5) is 0. The molecule has 1 heterocycles. The Morgan fingerprint density at radius 3 is 3.00 bits per heavy atom. The monoisotopic (exact) mass is 297 g/mol. The first-order chi connectivity index (χ1) is 8.25. The molecule has 1 aliphatic heterocycles. The van der Waals surface area contributed by atoms with E-state index in [4.69, 9.17) is 0 Å². The van der Waals surface area contributed by atoms with E-state index in [1.807, 2.05) is 6.07 Å². The van der Waals surface area contributed by atoms with Crippen molar-refractivity contribution in [1.82, 2.24) is 5.32 Å². The van der Waals surface area contributed by atoms with Gasteiger partial charge in [-0.2, -0.15) is 0 Å². The van der Waals surface area contributed by atoms with Crippen LogP contribution in [0.5, 0.6) is 0 Å². The summed E-state index contributed by atoms with van der Waals surface area (Å²) in [6, 6.07) is 5.56. The van der Waals surface area contributed by atoms with Crippen LogP contribution in [-0.2, 0) is 0 Å². The Bertz CT molecular complexity index is 395. The fourth-order valence-corrected chi connectivity index (χ4v) is 2.46. The van der Waals surface area contributed by atoms with Gasteiger partial charge in [-0.3, -0.25) is 0 Å². The highest BCUT2D eigenvalue weighted by Gasteiger charge is 2.07. The van der Waals surface area contributed by atoms with Gasteiger partial charge in [0.05, 0.1) is 4.47 Å². The van der Waals surface area contributed by atoms with Crippen LogP contribution in [0.3, 0.4) is 0 Å². The molecule has 2 rings (SSSR count). The van der Waals surface area contributed by atoms with Crippen molar-refractivity contribution >= 4 is 22.0 Å². The van der Waals surface area contributed by atoms with Gasteiger partial charge in [0, 0.05) is 6.04 Å². The van der Waals surface area contributed by atoms with Crippen molar-refractivity contribution in [2.75, 3.05) is 6.54 Å². The smallest absolute Gasteiger partial charge is 0.137 e. The Balaban J connectivity index is 2.00. The molecule has 1 unspecified atom stereocenters. The van der Waals surface area contributed by atoms with Crippen LogP contribution < -0.4 is 5.32 Å². The van der Waals surface area contributed by atoms with Crippen LogP contribution in [0.4, 0.5) is 4.39 Å². The first-order valence-corrected chi connectivity index (χ1v) is 6.91.